The van der Waals surface area contributed by atoms with Crippen LogP contribution in [-0.4, -0.2) is 166 Å². The lowest BCUT2D eigenvalue weighted by Gasteiger charge is -2.28. The lowest BCUT2D eigenvalue weighted by molar-refractivity contribution is -0.140. The molecule has 1 aliphatic rings. The maximum atomic E-state index is 14.0. The van der Waals surface area contributed by atoms with Crippen LogP contribution in [0.5, 0.6) is 0 Å². The molecular formula is C39H65N8O16PS. The normalized spacial score (nSPS) is 17.5. The molecule has 0 aliphatic carbocycles. The molecule has 368 valence electrons. The van der Waals surface area contributed by atoms with Crippen molar-refractivity contribution >= 4 is 67.5 Å². The first-order chi connectivity index (χ1) is 30.7. The van der Waals surface area contributed by atoms with E-state index in [0.29, 0.717) is 25.1 Å². The Morgan fingerprint density at radius 3 is 2.25 bits per heavy atom. The highest BCUT2D eigenvalue weighted by Gasteiger charge is 2.38. The minimum Gasteiger partial charge on any atom is -0.481 e. The molecule has 1 unspecified atom stereocenters. The van der Waals surface area contributed by atoms with E-state index in [4.69, 9.17) is 30.6 Å². The summed E-state index contributed by atoms with van der Waals surface area (Å²) in [7, 11) is -4.91. The van der Waals surface area contributed by atoms with E-state index in [2.05, 4.69) is 43.1 Å². The van der Waals surface area contributed by atoms with Crippen LogP contribution in [0, 0.1) is 17.8 Å². The minimum absolute atomic E-state index is 0.0105. The number of ketones is 2. The second-order valence-electron chi connectivity index (χ2n) is 15.8. The van der Waals surface area contributed by atoms with Gasteiger partial charge in [-0.3, -0.25) is 47.4 Å². The molecule has 2 heterocycles. The van der Waals surface area contributed by atoms with Gasteiger partial charge in [0.15, 0.2) is 11.6 Å². The topological polar surface area (TPSA) is 371 Å². The molecule has 24 nitrogen and oxygen atoms in total. The minimum atomic E-state index is -4.91. The van der Waals surface area contributed by atoms with Gasteiger partial charge in [0, 0.05) is 50.0 Å². The van der Waals surface area contributed by atoms with Crippen molar-refractivity contribution in [1.82, 2.24) is 30.8 Å². The molecule has 0 aromatic carbocycles. The molecule has 65 heavy (non-hydrogen) atoms. The molecule has 26 heteroatoms. The van der Waals surface area contributed by atoms with E-state index >= 15 is 0 Å². The smallest absolute Gasteiger partial charge is 0.472 e. The number of likely N-dealkylation sites (tertiary alicyclic amines) is 1. The van der Waals surface area contributed by atoms with Crippen LogP contribution in [0.2, 0.25) is 0 Å². The van der Waals surface area contributed by atoms with Crippen molar-refractivity contribution in [3.05, 3.63) is 18.2 Å². The summed E-state index contributed by atoms with van der Waals surface area (Å²) < 4.78 is 32.8. The first-order valence-electron chi connectivity index (χ1n) is 21.2. The second kappa shape index (κ2) is 29.3. The van der Waals surface area contributed by atoms with E-state index in [9.17, 15) is 52.9 Å². The number of amides is 5. The lowest BCUT2D eigenvalue weighted by Crippen LogP contribution is -2.52. The van der Waals surface area contributed by atoms with Gasteiger partial charge in [-0.15, -0.1) is 0 Å². The summed E-state index contributed by atoms with van der Waals surface area (Å²) in [4.78, 5) is 121. The number of nitrogens with one attached hydrogen (secondary N) is 4. The van der Waals surface area contributed by atoms with Gasteiger partial charge < -0.3 is 61.9 Å². The van der Waals surface area contributed by atoms with Crippen molar-refractivity contribution in [2.75, 3.05) is 58.5 Å². The molecule has 0 saturated carbocycles. The zero-order valence-electron chi connectivity index (χ0n) is 36.9. The number of Topliss-reactive ketones (excluding diaryl/α,β-unsaturated/α-hetero) is 2. The van der Waals surface area contributed by atoms with Gasteiger partial charge in [0.2, 0.25) is 29.5 Å². The summed E-state index contributed by atoms with van der Waals surface area (Å²) in [5.74, 6) is -8.55. The standard InChI is InChI=1S/C39H65N8O16PS/c1-23(2)15-29(45-39(57)31-5-4-9-47(31)34(51)6-10-60-13-14-61-12-8-43-38(56)28(40)21-65)32(49)17-25(16-26-19-42-22-44-26)37(55)46-30(20-48)33(50)18-27(36(41)54)24(3)63-64(58,59)62-11-7-35(52)53/h19,22-25,27-31,48,65H,4-18,20-21,40H2,1-3H3,(H2,41,54)(H,42,44)(H,43,56)(H,45,57)(H,46,55)(H,52,53)(H,58,59)/t24-,25-,27+,28+,29+,30+,31+/m1/s1. The van der Waals surface area contributed by atoms with Gasteiger partial charge in [-0.2, -0.15) is 12.6 Å². The van der Waals surface area contributed by atoms with E-state index in [1.54, 1.807) is 0 Å². The van der Waals surface area contributed by atoms with E-state index in [-0.39, 0.29) is 75.7 Å². The Morgan fingerprint density at radius 2 is 1.65 bits per heavy atom. The molecule has 1 saturated heterocycles. The summed E-state index contributed by atoms with van der Waals surface area (Å²) in [6.45, 7) is 4.46. The third kappa shape index (κ3) is 21.2. The number of carbonyl (C=O) groups is 8. The van der Waals surface area contributed by atoms with Gasteiger partial charge in [0.05, 0.1) is 88.8 Å². The number of nitrogens with zero attached hydrogens (tertiary/aromatic N) is 2. The van der Waals surface area contributed by atoms with E-state index < -0.39 is 118 Å². The van der Waals surface area contributed by atoms with Gasteiger partial charge in [-0.05, 0) is 32.1 Å². The highest BCUT2D eigenvalue weighted by molar-refractivity contribution is 7.80. The Hall–Kier alpha value is -4.33. The van der Waals surface area contributed by atoms with Crippen LogP contribution in [0.1, 0.15) is 71.4 Å². The molecule has 0 radical (unpaired) electrons. The largest absolute Gasteiger partial charge is 0.481 e. The van der Waals surface area contributed by atoms with Crippen molar-refractivity contribution in [1.29, 1.82) is 0 Å². The number of aromatic nitrogens is 2. The maximum absolute atomic E-state index is 14.0. The zero-order valence-corrected chi connectivity index (χ0v) is 38.7. The number of ether oxygens (including phenoxy) is 2. The van der Waals surface area contributed by atoms with Gasteiger partial charge in [-0.1, -0.05) is 13.8 Å². The molecule has 11 N–H and O–H groups in total. The van der Waals surface area contributed by atoms with E-state index in [1.165, 1.54) is 17.4 Å². The number of carbonyl (C=O) groups excluding carboxylic acids is 7. The number of carboxylic acid groups (broad SMARTS) is 1. The van der Waals surface area contributed by atoms with E-state index in [0.717, 1.165) is 6.92 Å². The Morgan fingerprint density at radius 1 is 0.969 bits per heavy atom. The third-order valence-corrected chi connectivity index (χ3v) is 11.7. The lowest BCUT2D eigenvalue weighted by atomic mass is 9.89. The number of phosphoric ester groups is 1. The van der Waals surface area contributed by atoms with Crippen LogP contribution in [0.15, 0.2) is 12.5 Å². The average Bonchev–Trinajstić information content (AvgIpc) is 3.95. The second-order valence-corrected chi connectivity index (χ2v) is 17.6. The maximum Gasteiger partial charge on any atom is 0.472 e. The molecule has 1 aliphatic heterocycles. The monoisotopic (exact) mass is 964 g/mol. The molecule has 0 bridgehead atoms. The number of hydrogen-bond acceptors (Lipinski definition) is 17. The number of primary amides is 1. The fourth-order valence-electron chi connectivity index (χ4n) is 6.67. The van der Waals surface area contributed by atoms with Crippen molar-refractivity contribution < 1.29 is 76.5 Å². The van der Waals surface area contributed by atoms with Gasteiger partial charge in [0.25, 0.3) is 0 Å². The number of aliphatic hydroxyl groups excluding tert-OH is 1. The van der Waals surface area contributed by atoms with Gasteiger partial charge in [0.1, 0.15) is 12.1 Å². The molecule has 5 amide bonds. The van der Waals surface area contributed by atoms with Crippen LogP contribution in [0.25, 0.3) is 0 Å². The summed E-state index contributed by atoms with van der Waals surface area (Å²) in [6, 6.07) is -4.27. The number of phosphoric acid groups is 1. The predicted octanol–water partition coefficient (Wildman–Crippen LogP) is -1.62. The van der Waals surface area contributed by atoms with Crippen LogP contribution < -0.4 is 27.4 Å². The number of aliphatic hydroxyl groups is 1. The molecule has 2 rings (SSSR count). The Kier molecular flexibility index (Phi) is 25.6. The van der Waals surface area contributed by atoms with Crippen molar-refractivity contribution in [2.45, 2.75) is 102 Å². The summed E-state index contributed by atoms with van der Waals surface area (Å²) in [5.41, 5.74) is 11.5. The summed E-state index contributed by atoms with van der Waals surface area (Å²) >= 11 is 3.97. The zero-order chi connectivity index (χ0) is 48.7. The third-order valence-electron chi connectivity index (χ3n) is 10.1. The SMILES string of the molecule is CC(C)C[C@H](NC(=O)[C@@H]1CCCN1C(=O)CCOCCOCCNC(=O)[C@@H](N)CS)C(=O)C[C@@H](Cc1cnc[nH]1)C(=O)N[C@@H](CO)C(=O)C[C@H](C(N)=O)[C@@H](C)OP(=O)(O)OCCC(=O)O. The molecule has 8 atom stereocenters. The Bertz CT molecular complexity index is 1780. The number of nitrogens with two attached hydrogens (primary N) is 2. The first-order valence-corrected chi connectivity index (χ1v) is 23.3. The molecular weight excluding hydrogens is 900 g/mol. The van der Waals surface area contributed by atoms with E-state index in [1.807, 2.05) is 13.8 Å². The van der Waals surface area contributed by atoms with Crippen LogP contribution >= 0.6 is 20.5 Å². The highest BCUT2D eigenvalue weighted by atomic mass is 32.1. The van der Waals surface area contributed by atoms with Crippen molar-refractivity contribution in [3.63, 3.8) is 0 Å². The summed E-state index contributed by atoms with van der Waals surface area (Å²) in [6.07, 6.45) is 0.411. The van der Waals surface area contributed by atoms with Crippen molar-refractivity contribution in [2.24, 2.45) is 29.2 Å². The van der Waals surface area contributed by atoms with Gasteiger partial charge in [-0.25, -0.2) is 9.55 Å². The number of carboxylic acids is 1. The molecule has 1 fully saturated rings. The number of hydrogen-bond donors (Lipinski definition) is 10. The van der Waals surface area contributed by atoms with Crippen LogP contribution in [-0.2, 0) is 67.9 Å². The average molecular weight is 965 g/mol. The number of H-pyrrole nitrogens is 1. The fourth-order valence-corrected chi connectivity index (χ4v) is 7.79. The number of imidazole rings is 1. The Labute approximate surface area is 382 Å². The number of thiol groups is 1. The quantitative estimate of drug-likeness (QED) is 0.0211. The number of rotatable bonds is 34. The number of aliphatic carboxylic acids is 1. The molecule has 1 aromatic heterocycles. The highest BCUT2D eigenvalue weighted by Crippen LogP contribution is 2.46. The molecule has 1 aromatic rings. The van der Waals surface area contributed by atoms with Gasteiger partial charge >= 0.3 is 13.8 Å². The van der Waals surface area contributed by atoms with Crippen LogP contribution in [0.3, 0.4) is 0 Å². The molecule has 0 spiro atoms. The first kappa shape index (κ1) is 56.8. The number of aromatic amines is 1. The van der Waals surface area contributed by atoms with Crippen LogP contribution in [0.4, 0.5) is 0 Å². The van der Waals surface area contributed by atoms with Crippen molar-refractivity contribution in [3.8, 4) is 0 Å². The Balaban J connectivity index is 2.07. The predicted molar refractivity (Wildman–Crippen MR) is 233 cm³/mol. The fraction of sp³-hybridized carbons (Fsp3) is 0.718. The summed E-state index contributed by atoms with van der Waals surface area (Å²) in [5, 5.41) is 26.7.